The quantitative estimate of drug-likeness (QED) is 0.791. The summed E-state index contributed by atoms with van der Waals surface area (Å²) >= 11 is 0. The fraction of sp³-hybridized carbons (Fsp3) is 0.429. The second-order valence-corrected chi connectivity index (χ2v) is 4.33. The Morgan fingerprint density at radius 2 is 2.12 bits per heavy atom. The highest BCUT2D eigenvalue weighted by Crippen LogP contribution is 2.17. The highest BCUT2D eigenvalue weighted by molar-refractivity contribution is 5.76. The summed E-state index contributed by atoms with van der Waals surface area (Å²) in [4.78, 5) is 15.6. The maximum absolute atomic E-state index is 11.0. The van der Waals surface area contributed by atoms with Gasteiger partial charge in [-0.05, 0) is 25.5 Å². The Hall–Kier alpha value is -1.64. The average molecular weight is 230 g/mol. The van der Waals surface area contributed by atoms with Crippen molar-refractivity contribution in [1.82, 2.24) is 9.55 Å². The lowest BCUT2D eigenvalue weighted by molar-refractivity contribution is -0.117. The Labute approximate surface area is 101 Å². The van der Waals surface area contributed by atoms with Crippen LogP contribution in [-0.4, -0.2) is 15.3 Å². The van der Waals surface area contributed by atoms with Crippen molar-refractivity contribution in [2.24, 2.45) is 0 Å². The number of para-hydroxylation sites is 2. The van der Waals surface area contributed by atoms with Crippen LogP contribution in [-0.2, 0) is 17.8 Å². The molecule has 1 aromatic heterocycles. The van der Waals surface area contributed by atoms with Crippen LogP contribution < -0.4 is 0 Å². The number of nitrogens with zero attached hydrogens (tertiary/aromatic N) is 2. The first-order chi connectivity index (χ1) is 8.22. The zero-order chi connectivity index (χ0) is 12.3. The highest BCUT2D eigenvalue weighted by Gasteiger charge is 2.08. The van der Waals surface area contributed by atoms with Crippen LogP contribution in [0, 0.1) is 0 Å². The summed E-state index contributed by atoms with van der Waals surface area (Å²) < 4.78 is 2.23. The summed E-state index contributed by atoms with van der Waals surface area (Å²) in [5, 5.41) is 0. The molecule has 0 bridgehead atoms. The van der Waals surface area contributed by atoms with Crippen molar-refractivity contribution in [2.45, 2.75) is 39.7 Å². The van der Waals surface area contributed by atoms with Crippen molar-refractivity contribution >= 4 is 16.8 Å². The van der Waals surface area contributed by atoms with Gasteiger partial charge in [-0.1, -0.05) is 19.1 Å². The van der Waals surface area contributed by atoms with Crippen molar-refractivity contribution < 1.29 is 4.79 Å². The predicted octanol–water partition coefficient (Wildman–Crippen LogP) is 2.97. The van der Waals surface area contributed by atoms with Gasteiger partial charge >= 0.3 is 0 Å². The molecule has 17 heavy (non-hydrogen) atoms. The molecule has 2 rings (SSSR count). The number of rotatable bonds is 5. The maximum atomic E-state index is 11.0. The standard InChI is InChI=1S/C14H18N2O/c1-3-14-15-12-8-4-5-9-13(12)16(14)10-6-7-11(2)17/h4-5,8-9H,3,6-7,10H2,1-2H3. The van der Waals surface area contributed by atoms with E-state index >= 15 is 0 Å². The van der Waals surface area contributed by atoms with Gasteiger partial charge in [0.1, 0.15) is 11.6 Å². The van der Waals surface area contributed by atoms with Gasteiger partial charge < -0.3 is 9.36 Å². The van der Waals surface area contributed by atoms with Crippen LogP contribution in [0.1, 0.15) is 32.5 Å². The highest BCUT2D eigenvalue weighted by atomic mass is 16.1. The molecule has 90 valence electrons. The molecular formula is C14H18N2O. The number of imidazole rings is 1. The Kier molecular flexibility index (Phi) is 3.57. The summed E-state index contributed by atoms with van der Waals surface area (Å²) in [5.41, 5.74) is 2.22. The molecule has 0 aliphatic rings. The molecule has 0 radical (unpaired) electrons. The van der Waals surface area contributed by atoms with Crippen LogP contribution >= 0.6 is 0 Å². The van der Waals surface area contributed by atoms with E-state index in [1.807, 2.05) is 18.2 Å². The maximum Gasteiger partial charge on any atom is 0.129 e. The number of benzene rings is 1. The molecule has 0 saturated carbocycles. The van der Waals surface area contributed by atoms with Gasteiger partial charge in [0.2, 0.25) is 0 Å². The molecule has 3 heteroatoms. The summed E-state index contributed by atoms with van der Waals surface area (Å²) in [7, 11) is 0. The Morgan fingerprint density at radius 1 is 1.35 bits per heavy atom. The van der Waals surface area contributed by atoms with Gasteiger partial charge in [-0.15, -0.1) is 0 Å². The van der Waals surface area contributed by atoms with Gasteiger partial charge in [0.05, 0.1) is 11.0 Å². The van der Waals surface area contributed by atoms with E-state index in [-0.39, 0.29) is 5.78 Å². The molecule has 0 atom stereocenters. The number of hydrogen-bond acceptors (Lipinski definition) is 2. The van der Waals surface area contributed by atoms with E-state index in [0.29, 0.717) is 6.42 Å². The number of ketones is 1. The molecule has 0 amide bonds. The van der Waals surface area contributed by atoms with Gasteiger partial charge in [0.25, 0.3) is 0 Å². The minimum absolute atomic E-state index is 0.257. The van der Waals surface area contributed by atoms with Crippen molar-refractivity contribution in [2.75, 3.05) is 0 Å². The second-order valence-electron chi connectivity index (χ2n) is 4.33. The fourth-order valence-electron chi connectivity index (χ4n) is 2.13. The number of Topliss-reactive ketones (excluding diaryl/α,β-unsaturated/α-hetero) is 1. The lowest BCUT2D eigenvalue weighted by Gasteiger charge is -2.06. The number of carbonyl (C=O) groups is 1. The van der Waals surface area contributed by atoms with Gasteiger partial charge in [-0.3, -0.25) is 0 Å². The van der Waals surface area contributed by atoms with E-state index in [1.165, 1.54) is 5.52 Å². The topological polar surface area (TPSA) is 34.9 Å². The zero-order valence-corrected chi connectivity index (χ0v) is 10.4. The molecule has 2 aromatic rings. The third-order valence-electron chi connectivity index (χ3n) is 2.96. The first-order valence-corrected chi connectivity index (χ1v) is 6.16. The van der Waals surface area contributed by atoms with Crippen LogP contribution in [0.3, 0.4) is 0 Å². The Balaban J connectivity index is 2.27. The molecule has 0 spiro atoms. The molecule has 0 N–H and O–H groups in total. The lowest BCUT2D eigenvalue weighted by Crippen LogP contribution is -2.04. The van der Waals surface area contributed by atoms with Crippen LogP contribution in [0.4, 0.5) is 0 Å². The first kappa shape index (κ1) is 11.8. The van der Waals surface area contributed by atoms with Crippen molar-refractivity contribution in [1.29, 1.82) is 0 Å². The predicted molar refractivity (Wildman–Crippen MR) is 69.0 cm³/mol. The summed E-state index contributed by atoms with van der Waals surface area (Å²) in [6, 6.07) is 8.17. The third kappa shape index (κ3) is 2.54. The number of aryl methyl sites for hydroxylation is 2. The Bertz CT molecular complexity index is 528. The van der Waals surface area contributed by atoms with Gasteiger partial charge in [0.15, 0.2) is 0 Å². The van der Waals surface area contributed by atoms with Crippen LogP contribution in [0.2, 0.25) is 0 Å². The minimum atomic E-state index is 0.257. The Morgan fingerprint density at radius 3 is 2.82 bits per heavy atom. The SMILES string of the molecule is CCc1nc2ccccc2n1CCCC(C)=O. The molecule has 0 aliphatic heterocycles. The van der Waals surface area contributed by atoms with E-state index in [9.17, 15) is 4.79 Å². The van der Waals surface area contributed by atoms with Crippen molar-refractivity contribution in [3.63, 3.8) is 0 Å². The number of aromatic nitrogens is 2. The molecule has 0 unspecified atom stereocenters. The molecule has 1 heterocycles. The molecular weight excluding hydrogens is 212 g/mol. The summed E-state index contributed by atoms with van der Waals surface area (Å²) in [6.07, 6.45) is 2.47. The third-order valence-corrected chi connectivity index (χ3v) is 2.96. The van der Waals surface area contributed by atoms with E-state index in [4.69, 9.17) is 0 Å². The summed E-state index contributed by atoms with van der Waals surface area (Å²) in [5.74, 6) is 1.36. The molecule has 0 saturated heterocycles. The van der Waals surface area contributed by atoms with Crippen LogP contribution in [0.5, 0.6) is 0 Å². The van der Waals surface area contributed by atoms with Crippen LogP contribution in [0.25, 0.3) is 11.0 Å². The lowest BCUT2D eigenvalue weighted by atomic mass is 10.2. The summed E-state index contributed by atoms with van der Waals surface area (Å²) in [6.45, 7) is 4.64. The molecule has 1 aromatic carbocycles. The van der Waals surface area contributed by atoms with Gasteiger partial charge in [0, 0.05) is 19.4 Å². The van der Waals surface area contributed by atoms with E-state index in [1.54, 1.807) is 6.92 Å². The van der Waals surface area contributed by atoms with Crippen molar-refractivity contribution in [3.8, 4) is 0 Å². The number of fused-ring (bicyclic) bond motifs is 1. The second kappa shape index (κ2) is 5.13. The zero-order valence-electron chi connectivity index (χ0n) is 10.4. The first-order valence-electron chi connectivity index (χ1n) is 6.16. The number of carbonyl (C=O) groups excluding carboxylic acids is 1. The molecule has 0 aliphatic carbocycles. The largest absolute Gasteiger partial charge is 0.328 e. The average Bonchev–Trinajstić information content (AvgIpc) is 2.67. The van der Waals surface area contributed by atoms with E-state index < -0.39 is 0 Å². The van der Waals surface area contributed by atoms with Gasteiger partial charge in [-0.2, -0.15) is 0 Å². The normalized spacial score (nSPS) is 10.9. The van der Waals surface area contributed by atoms with Crippen molar-refractivity contribution in [3.05, 3.63) is 30.1 Å². The minimum Gasteiger partial charge on any atom is -0.328 e. The fourth-order valence-corrected chi connectivity index (χ4v) is 2.13. The monoisotopic (exact) mass is 230 g/mol. The molecule has 0 fully saturated rings. The van der Waals surface area contributed by atoms with Crippen LogP contribution in [0.15, 0.2) is 24.3 Å². The number of hydrogen-bond donors (Lipinski definition) is 0. The molecule has 3 nitrogen and oxygen atoms in total. The smallest absolute Gasteiger partial charge is 0.129 e. The van der Waals surface area contributed by atoms with E-state index in [2.05, 4.69) is 22.5 Å². The van der Waals surface area contributed by atoms with E-state index in [0.717, 1.165) is 30.7 Å². The van der Waals surface area contributed by atoms with Gasteiger partial charge in [-0.25, -0.2) is 4.98 Å².